The number of hydrogen-bond acceptors (Lipinski definition) is 2. The van der Waals surface area contributed by atoms with Gasteiger partial charge in [-0.05, 0) is 39.2 Å². The zero-order chi connectivity index (χ0) is 15.5. The Balaban J connectivity index is 2.85. The van der Waals surface area contributed by atoms with Crippen molar-refractivity contribution in [2.24, 2.45) is 0 Å². The second-order valence-electron chi connectivity index (χ2n) is 4.72. The number of alkyl halides is 3. The van der Waals surface area contributed by atoms with Gasteiger partial charge in [0.25, 0.3) is 5.91 Å². The summed E-state index contributed by atoms with van der Waals surface area (Å²) in [6.07, 6.45) is -4.82. The van der Waals surface area contributed by atoms with Crippen molar-refractivity contribution in [1.82, 2.24) is 10.2 Å². The molecule has 0 radical (unpaired) electrons. The molecule has 1 aromatic carbocycles. The highest BCUT2D eigenvalue weighted by Gasteiger charge is 2.34. The molecule has 7 heteroatoms. The van der Waals surface area contributed by atoms with Crippen LogP contribution in [0.25, 0.3) is 0 Å². The zero-order valence-corrected chi connectivity index (χ0v) is 11.4. The van der Waals surface area contributed by atoms with Crippen LogP contribution in [0, 0.1) is 5.82 Å². The first-order valence-corrected chi connectivity index (χ1v) is 5.94. The van der Waals surface area contributed by atoms with Gasteiger partial charge >= 0.3 is 6.18 Å². The third-order valence-electron chi connectivity index (χ3n) is 2.97. The molecule has 0 spiro atoms. The Morgan fingerprint density at radius 1 is 1.35 bits per heavy atom. The van der Waals surface area contributed by atoms with Gasteiger partial charge in [0.15, 0.2) is 0 Å². The number of benzene rings is 1. The van der Waals surface area contributed by atoms with Gasteiger partial charge in [-0.1, -0.05) is 0 Å². The molecule has 0 fully saturated rings. The van der Waals surface area contributed by atoms with E-state index >= 15 is 0 Å². The maximum Gasteiger partial charge on any atom is 0.419 e. The molecule has 3 nitrogen and oxygen atoms in total. The first-order valence-electron chi connectivity index (χ1n) is 5.94. The second-order valence-corrected chi connectivity index (χ2v) is 4.72. The minimum absolute atomic E-state index is 0.0292. The van der Waals surface area contributed by atoms with Crippen molar-refractivity contribution >= 4 is 5.91 Å². The normalized spacial score (nSPS) is 13.4. The van der Waals surface area contributed by atoms with Crippen molar-refractivity contribution in [3.05, 3.63) is 35.1 Å². The predicted octanol–water partition coefficient (Wildman–Crippen LogP) is 2.52. The Labute approximate surface area is 114 Å². The summed E-state index contributed by atoms with van der Waals surface area (Å²) in [6.45, 7) is 2.14. The minimum Gasteiger partial charge on any atom is -0.350 e. The van der Waals surface area contributed by atoms with Gasteiger partial charge in [-0.3, -0.25) is 4.79 Å². The molecule has 0 aromatic heterocycles. The molecule has 1 aromatic rings. The van der Waals surface area contributed by atoms with Crippen LogP contribution in [0.2, 0.25) is 0 Å². The van der Waals surface area contributed by atoms with Crippen LogP contribution in [-0.4, -0.2) is 37.5 Å². The average molecular weight is 292 g/mol. The molecule has 1 unspecified atom stereocenters. The van der Waals surface area contributed by atoms with Crippen LogP contribution in [0.15, 0.2) is 18.2 Å². The van der Waals surface area contributed by atoms with E-state index in [0.717, 1.165) is 6.07 Å². The van der Waals surface area contributed by atoms with Crippen molar-refractivity contribution < 1.29 is 22.4 Å². The van der Waals surface area contributed by atoms with Crippen molar-refractivity contribution in [1.29, 1.82) is 0 Å². The van der Waals surface area contributed by atoms with Gasteiger partial charge in [-0.2, -0.15) is 13.2 Å². The predicted molar refractivity (Wildman–Crippen MR) is 66.9 cm³/mol. The number of amides is 1. The maximum atomic E-state index is 13.1. The molecular formula is C13H16F4N2O. The monoisotopic (exact) mass is 292 g/mol. The number of carbonyl (C=O) groups excluding carboxylic acids is 1. The first-order chi connectivity index (χ1) is 9.12. The van der Waals surface area contributed by atoms with Gasteiger partial charge in [-0.25, -0.2) is 4.39 Å². The van der Waals surface area contributed by atoms with E-state index in [9.17, 15) is 22.4 Å². The summed E-state index contributed by atoms with van der Waals surface area (Å²) in [4.78, 5) is 13.6. The highest BCUT2D eigenvalue weighted by atomic mass is 19.4. The van der Waals surface area contributed by atoms with E-state index in [1.165, 1.54) is 0 Å². The molecule has 0 aliphatic rings. The third-order valence-corrected chi connectivity index (χ3v) is 2.97. The van der Waals surface area contributed by atoms with E-state index in [1.54, 1.807) is 0 Å². The van der Waals surface area contributed by atoms with Gasteiger partial charge in [0.05, 0.1) is 5.56 Å². The summed E-state index contributed by atoms with van der Waals surface area (Å²) >= 11 is 0. The van der Waals surface area contributed by atoms with Crippen molar-refractivity contribution in [2.75, 3.05) is 20.6 Å². The number of hydrogen-bond donors (Lipinski definition) is 1. The van der Waals surface area contributed by atoms with Gasteiger partial charge < -0.3 is 10.2 Å². The van der Waals surface area contributed by atoms with Crippen LogP contribution in [0.3, 0.4) is 0 Å². The fourth-order valence-corrected chi connectivity index (χ4v) is 1.41. The molecular weight excluding hydrogens is 276 g/mol. The molecule has 0 aliphatic carbocycles. The molecule has 0 saturated carbocycles. The van der Waals surface area contributed by atoms with Gasteiger partial charge in [0.2, 0.25) is 0 Å². The number of rotatable bonds is 4. The number of halogens is 4. The van der Waals surface area contributed by atoms with Crippen molar-refractivity contribution in [3.63, 3.8) is 0 Å². The van der Waals surface area contributed by atoms with E-state index < -0.39 is 23.5 Å². The van der Waals surface area contributed by atoms with Crippen LogP contribution in [-0.2, 0) is 6.18 Å². The lowest BCUT2D eigenvalue weighted by molar-refractivity contribution is -0.140. The Hall–Kier alpha value is -1.63. The highest BCUT2D eigenvalue weighted by molar-refractivity contribution is 5.94. The first kappa shape index (κ1) is 16.4. The molecule has 1 N–H and O–H groups in total. The quantitative estimate of drug-likeness (QED) is 0.865. The summed E-state index contributed by atoms with van der Waals surface area (Å²) < 4.78 is 50.7. The largest absolute Gasteiger partial charge is 0.419 e. The zero-order valence-electron chi connectivity index (χ0n) is 11.4. The third kappa shape index (κ3) is 4.19. The van der Waals surface area contributed by atoms with Crippen LogP contribution in [0.1, 0.15) is 22.8 Å². The van der Waals surface area contributed by atoms with Crippen molar-refractivity contribution in [3.8, 4) is 0 Å². The lowest BCUT2D eigenvalue weighted by Gasteiger charge is -2.20. The summed E-state index contributed by atoms with van der Waals surface area (Å²) in [6, 6.07) is 2.22. The molecule has 1 atom stereocenters. The molecule has 1 amide bonds. The standard InChI is InChI=1S/C13H16F4N2O/c1-8(19(2)3)7-18-12(20)9-4-5-11(14)10(6-9)13(15,16)17/h4-6,8H,7H2,1-3H3,(H,18,20). The van der Waals surface area contributed by atoms with Gasteiger partial charge in [0.1, 0.15) is 5.82 Å². The highest BCUT2D eigenvalue weighted by Crippen LogP contribution is 2.31. The maximum absolute atomic E-state index is 13.1. The second kappa shape index (κ2) is 6.21. The minimum atomic E-state index is -4.82. The molecule has 1 rings (SSSR count). The van der Waals surface area contributed by atoms with Crippen LogP contribution in [0.5, 0.6) is 0 Å². The number of nitrogens with one attached hydrogen (secondary N) is 1. The molecule has 0 saturated heterocycles. The Bertz CT molecular complexity index is 486. The number of carbonyl (C=O) groups is 1. The van der Waals surface area contributed by atoms with E-state index in [-0.39, 0.29) is 18.2 Å². The van der Waals surface area contributed by atoms with E-state index in [2.05, 4.69) is 5.32 Å². The topological polar surface area (TPSA) is 32.3 Å². The average Bonchev–Trinajstić information content (AvgIpc) is 2.34. The Morgan fingerprint density at radius 3 is 2.45 bits per heavy atom. The molecule has 0 aliphatic heterocycles. The van der Waals surface area contributed by atoms with Crippen molar-refractivity contribution in [2.45, 2.75) is 19.1 Å². The number of likely N-dealkylation sites (N-methyl/N-ethyl adjacent to an activating group) is 1. The molecule has 0 bridgehead atoms. The Morgan fingerprint density at radius 2 is 1.95 bits per heavy atom. The molecule has 0 heterocycles. The Kier molecular flexibility index (Phi) is 5.10. The molecule has 20 heavy (non-hydrogen) atoms. The molecule has 112 valence electrons. The number of nitrogens with zero attached hydrogens (tertiary/aromatic N) is 1. The summed E-state index contributed by atoms with van der Waals surface area (Å²) in [7, 11) is 3.63. The van der Waals surface area contributed by atoms with Crippen LogP contribution in [0.4, 0.5) is 17.6 Å². The lowest BCUT2D eigenvalue weighted by Crippen LogP contribution is -2.38. The lowest BCUT2D eigenvalue weighted by atomic mass is 10.1. The fraction of sp³-hybridized carbons (Fsp3) is 0.462. The fourth-order valence-electron chi connectivity index (χ4n) is 1.41. The summed E-state index contributed by atoms with van der Waals surface area (Å²) in [5.41, 5.74) is -1.66. The van der Waals surface area contributed by atoms with Crippen LogP contribution >= 0.6 is 0 Å². The van der Waals surface area contributed by atoms with Gasteiger partial charge in [0, 0.05) is 18.2 Å². The smallest absolute Gasteiger partial charge is 0.350 e. The van der Waals surface area contributed by atoms with Crippen LogP contribution < -0.4 is 5.32 Å². The summed E-state index contributed by atoms with van der Waals surface area (Å²) in [5, 5.41) is 2.51. The summed E-state index contributed by atoms with van der Waals surface area (Å²) in [5.74, 6) is -2.06. The van der Waals surface area contributed by atoms with E-state index in [0.29, 0.717) is 12.1 Å². The van der Waals surface area contributed by atoms with Gasteiger partial charge in [-0.15, -0.1) is 0 Å². The van der Waals surface area contributed by atoms with E-state index in [1.807, 2.05) is 25.9 Å². The van der Waals surface area contributed by atoms with E-state index in [4.69, 9.17) is 0 Å². The SMILES string of the molecule is CC(CNC(=O)c1ccc(F)c(C(F)(F)F)c1)N(C)C.